The van der Waals surface area contributed by atoms with Crippen LogP contribution in [0.3, 0.4) is 0 Å². The summed E-state index contributed by atoms with van der Waals surface area (Å²) in [5.74, 6) is 0.816. The van der Waals surface area contributed by atoms with Crippen LogP contribution >= 0.6 is 0 Å². The Kier molecular flexibility index (Phi) is 4.91. The number of hydrogen-bond acceptors (Lipinski definition) is 5. The summed E-state index contributed by atoms with van der Waals surface area (Å²) in [6, 6.07) is 15.6. The van der Waals surface area contributed by atoms with Crippen molar-refractivity contribution in [3.63, 3.8) is 0 Å². The van der Waals surface area contributed by atoms with Crippen LogP contribution in [0.1, 0.15) is 22.3 Å². The van der Waals surface area contributed by atoms with Crippen molar-refractivity contribution in [2.75, 3.05) is 26.8 Å². The standard InChI is InChI=1S/C23H23N5O3/c1-26-11-3-4-20(26)23(29)27-12-13-31-21(15-27)22-19-10-7-17(14-28(19)25-24-22)16-5-8-18(30-2)9-6-16/h3-11,14,21H,12-13,15H2,1-2H3/t21-/m0/s1. The van der Waals surface area contributed by atoms with Crippen LogP contribution in [-0.4, -0.2) is 57.0 Å². The summed E-state index contributed by atoms with van der Waals surface area (Å²) in [6.45, 7) is 1.46. The molecule has 1 aliphatic heterocycles. The van der Waals surface area contributed by atoms with Gasteiger partial charge in [0.15, 0.2) is 0 Å². The summed E-state index contributed by atoms with van der Waals surface area (Å²) in [6.07, 6.45) is 3.50. The summed E-state index contributed by atoms with van der Waals surface area (Å²) in [7, 11) is 3.53. The molecule has 0 aliphatic carbocycles. The fourth-order valence-corrected chi connectivity index (χ4v) is 3.94. The number of hydrogen-bond donors (Lipinski definition) is 0. The van der Waals surface area contributed by atoms with E-state index in [0.717, 1.165) is 28.1 Å². The summed E-state index contributed by atoms with van der Waals surface area (Å²) in [4.78, 5) is 14.7. The molecule has 1 amide bonds. The molecule has 1 saturated heterocycles. The number of rotatable bonds is 4. The second-order valence-corrected chi connectivity index (χ2v) is 7.57. The highest BCUT2D eigenvalue weighted by atomic mass is 16.5. The number of nitrogens with zero attached hydrogens (tertiary/aromatic N) is 5. The number of carbonyl (C=O) groups is 1. The van der Waals surface area contributed by atoms with E-state index in [1.165, 1.54) is 0 Å². The Morgan fingerprint density at radius 3 is 2.68 bits per heavy atom. The van der Waals surface area contributed by atoms with Gasteiger partial charge >= 0.3 is 0 Å². The molecule has 8 heteroatoms. The summed E-state index contributed by atoms with van der Waals surface area (Å²) >= 11 is 0. The zero-order valence-corrected chi connectivity index (χ0v) is 17.4. The normalized spacial score (nSPS) is 16.6. The second-order valence-electron chi connectivity index (χ2n) is 7.57. The first-order chi connectivity index (χ1) is 15.1. The molecule has 5 rings (SSSR count). The molecule has 1 aromatic carbocycles. The minimum atomic E-state index is -0.317. The molecule has 1 atom stereocenters. The topological polar surface area (TPSA) is 73.9 Å². The van der Waals surface area contributed by atoms with Crippen LogP contribution in [0.25, 0.3) is 16.6 Å². The maximum atomic E-state index is 12.9. The van der Waals surface area contributed by atoms with Crippen molar-refractivity contribution in [1.82, 2.24) is 24.3 Å². The van der Waals surface area contributed by atoms with Crippen molar-refractivity contribution in [1.29, 1.82) is 0 Å². The van der Waals surface area contributed by atoms with E-state index in [2.05, 4.69) is 10.3 Å². The molecule has 0 radical (unpaired) electrons. The third kappa shape index (κ3) is 3.55. The highest BCUT2D eigenvalue weighted by Crippen LogP contribution is 2.28. The molecular formula is C23H23N5O3. The number of methoxy groups -OCH3 is 1. The Labute approximate surface area is 179 Å². The van der Waals surface area contributed by atoms with Crippen LogP contribution in [0.2, 0.25) is 0 Å². The molecule has 0 spiro atoms. The lowest BCUT2D eigenvalue weighted by molar-refractivity contribution is -0.0244. The van der Waals surface area contributed by atoms with Crippen molar-refractivity contribution in [2.24, 2.45) is 7.05 Å². The van der Waals surface area contributed by atoms with Gasteiger partial charge in [-0.05, 0) is 35.9 Å². The average Bonchev–Trinajstić information content (AvgIpc) is 3.44. The number of aromatic nitrogens is 4. The van der Waals surface area contributed by atoms with Gasteiger partial charge in [-0.1, -0.05) is 23.4 Å². The van der Waals surface area contributed by atoms with Crippen LogP contribution in [-0.2, 0) is 11.8 Å². The van der Waals surface area contributed by atoms with Crippen molar-refractivity contribution in [2.45, 2.75) is 6.10 Å². The fraction of sp³-hybridized carbons (Fsp3) is 0.261. The van der Waals surface area contributed by atoms with E-state index in [1.54, 1.807) is 11.6 Å². The molecule has 31 heavy (non-hydrogen) atoms. The van der Waals surface area contributed by atoms with Crippen molar-refractivity contribution < 1.29 is 14.3 Å². The number of carbonyl (C=O) groups excluding carboxylic acids is 1. The van der Waals surface area contributed by atoms with Crippen LogP contribution in [0.4, 0.5) is 0 Å². The quantitative estimate of drug-likeness (QED) is 0.510. The first kappa shape index (κ1) is 19.3. The molecule has 1 fully saturated rings. The summed E-state index contributed by atoms with van der Waals surface area (Å²) < 4.78 is 14.8. The van der Waals surface area contributed by atoms with Crippen molar-refractivity contribution in [3.05, 3.63) is 72.3 Å². The summed E-state index contributed by atoms with van der Waals surface area (Å²) in [5.41, 5.74) is 4.36. The van der Waals surface area contributed by atoms with Crippen molar-refractivity contribution >= 4 is 11.4 Å². The van der Waals surface area contributed by atoms with E-state index in [4.69, 9.17) is 9.47 Å². The van der Waals surface area contributed by atoms with Gasteiger partial charge in [-0.15, -0.1) is 5.10 Å². The third-order valence-electron chi connectivity index (χ3n) is 5.69. The van der Waals surface area contributed by atoms with Gasteiger partial charge in [-0.3, -0.25) is 4.79 Å². The van der Waals surface area contributed by atoms with Gasteiger partial charge in [-0.25, -0.2) is 4.52 Å². The molecule has 0 bridgehead atoms. The Morgan fingerprint density at radius 1 is 1.13 bits per heavy atom. The largest absolute Gasteiger partial charge is 0.497 e. The molecule has 4 heterocycles. The van der Waals surface area contributed by atoms with E-state index in [0.29, 0.717) is 25.4 Å². The van der Waals surface area contributed by atoms with Crippen LogP contribution < -0.4 is 4.74 Å². The fourth-order valence-electron chi connectivity index (χ4n) is 3.94. The number of benzene rings is 1. The Balaban J connectivity index is 1.39. The molecule has 8 nitrogen and oxygen atoms in total. The Bertz CT molecular complexity index is 1230. The van der Waals surface area contributed by atoms with Gasteiger partial charge in [0.2, 0.25) is 0 Å². The van der Waals surface area contributed by atoms with E-state index in [1.807, 2.05) is 77.4 Å². The van der Waals surface area contributed by atoms with Gasteiger partial charge in [0.05, 0.1) is 25.8 Å². The van der Waals surface area contributed by atoms with Gasteiger partial charge in [0.1, 0.15) is 23.2 Å². The molecule has 0 N–H and O–H groups in total. The van der Waals surface area contributed by atoms with E-state index in [-0.39, 0.29) is 12.0 Å². The predicted molar refractivity (Wildman–Crippen MR) is 115 cm³/mol. The lowest BCUT2D eigenvalue weighted by Gasteiger charge is -2.32. The van der Waals surface area contributed by atoms with E-state index < -0.39 is 0 Å². The SMILES string of the molecule is COc1ccc(-c2ccc3c([C@@H]4CN(C(=O)c5cccn5C)CCO4)nnn3c2)cc1. The smallest absolute Gasteiger partial charge is 0.270 e. The monoisotopic (exact) mass is 417 g/mol. The zero-order valence-electron chi connectivity index (χ0n) is 17.4. The highest BCUT2D eigenvalue weighted by molar-refractivity contribution is 5.92. The minimum Gasteiger partial charge on any atom is -0.497 e. The van der Waals surface area contributed by atoms with Crippen molar-refractivity contribution in [3.8, 4) is 16.9 Å². The van der Waals surface area contributed by atoms with Crippen LogP contribution in [0.5, 0.6) is 5.75 Å². The van der Waals surface area contributed by atoms with Crippen LogP contribution in [0, 0.1) is 0 Å². The number of fused-ring (bicyclic) bond motifs is 1. The first-order valence-electron chi connectivity index (χ1n) is 10.2. The predicted octanol–water partition coefficient (Wildman–Crippen LogP) is 2.96. The lowest BCUT2D eigenvalue weighted by Crippen LogP contribution is -2.43. The number of morpholine rings is 1. The van der Waals surface area contributed by atoms with Gasteiger partial charge < -0.3 is 18.9 Å². The first-order valence-corrected chi connectivity index (χ1v) is 10.2. The molecular weight excluding hydrogens is 394 g/mol. The minimum absolute atomic E-state index is 0.000865. The summed E-state index contributed by atoms with van der Waals surface area (Å²) in [5, 5.41) is 8.68. The highest BCUT2D eigenvalue weighted by Gasteiger charge is 2.30. The van der Waals surface area contributed by atoms with Crippen LogP contribution in [0.15, 0.2) is 60.9 Å². The number of aryl methyl sites for hydroxylation is 1. The number of pyridine rings is 1. The molecule has 158 valence electrons. The van der Waals surface area contributed by atoms with Gasteiger partial charge in [0.25, 0.3) is 5.91 Å². The molecule has 3 aromatic heterocycles. The van der Waals surface area contributed by atoms with E-state index in [9.17, 15) is 4.79 Å². The molecule has 1 aliphatic rings. The molecule has 4 aromatic rings. The van der Waals surface area contributed by atoms with Gasteiger partial charge in [0, 0.05) is 31.5 Å². The maximum absolute atomic E-state index is 12.9. The Hall–Kier alpha value is -3.65. The zero-order chi connectivity index (χ0) is 21.4. The number of ether oxygens (including phenoxy) is 2. The number of amides is 1. The Morgan fingerprint density at radius 2 is 1.94 bits per heavy atom. The third-order valence-corrected chi connectivity index (χ3v) is 5.69. The molecule has 0 unspecified atom stereocenters. The average molecular weight is 417 g/mol. The second kappa shape index (κ2) is 7.88. The van der Waals surface area contributed by atoms with E-state index >= 15 is 0 Å². The van der Waals surface area contributed by atoms with Gasteiger partial charge in [-0.2, -0.15) is 0 Å². The lowest BCUT2D eigenvalue weighted by atomic mass is 10.1. The maximum Gasteiger partial charge on any atom is 0.270 e. The molecule has 0 saturated carbocycles.